The summed E-state index contributed by atoms with van der Waals surface area (Å²) in [6.07, 6.45) is 36.7. The van der Waals surface area contributed by atoms with Gasteiger partial charge >= 0.3 is 11.9 Å². The van der Waals surface area contributed by atoms with Gasteiger partial charge in [-0.2, -0.15) is 0 Å². The zero-order valence-corrected chi connectivity index (χ0v) is 37.6. The summed E-state index contributed by atoms with van der Waals surface area (Å²) in [6, 6.07) is 0. The number of ether oxygens (including phenoxy) is 2. The van der Waals surface area contributed by atoms with Crippen LogP contribution in [0.5, 0.6) is 0 Å². The van der Waals surface area contributed by atoms with E-state index in [1.807, 2.05) is 13.8 Å². The first-order valence-electron chi connectivity index (χ1n) is 23.8. The summed E-state index contributed by atoms with van der Waals surface area (Å²) in [7, 11) is 0. The smallest absolute Gasteiger partial charge is 0.311 e. The van der Waals surface area contributed by atoms with Crippen LogP contribution in [0.3, 0.4) is 0 Å². The molecule has 0 amide bonds. The second-order valence-electron chi connectivity index (χ2n) is 18.1. The third-order valence-electron chi connectivity index (χ3n) is 11.6. The highest BCUT2D eigenvalue weighted by Gasteiger charge is 2.31. The quantitative estimate of drug-likeness (QED) is 0.0493. The Labute approximate surface area is 337 Å². The van der Waals surface area contributed by atoms with E-state index < -0.39 is 10.8 Å². The van der Waals surface area contributed by atoms with Gasteiger partial charge < -0.3 is 19.5 Å². The van der Waals surface area contributed by atoms with E-state index in [2.05, 4.69) is 39.5 Å². The van der Waals surface area contributed by atoms with Gasteiger partial charge in [0.1, 0.15) is 6.10 Å². The van der Waals surface area contributed by atoms with Crippen molar-refractivity contribution in [2.75, 3.05) is 32.8 Å². The van der Waals surface area contributed by atoms with Gasteiger partial charge in [-0.25, -0.2) is 0 Å². The van der Waals surface area contributed by atoms with Crippen LogP contribution in [0, 0.1) is 10.8 Å². The second-order valence-corrected chi connectivity index (χ2v) is 18.1. The van der Waals surface area contributed by atoms with Crippen molar-refractivity contribution >= 4 is 11.9 Å². The maximum Gasteiger partial charge on any atom is 0.311 e. The molecule has 0 bridgehead atoms. The number of carbonyl (C=O) groups excluding carboxylic acids is 2. The lowest BCUT2D eigenvalue weighted by Crippen LogP contribution is -2.31. The standard InChI is InChI=1S/C48H95NO5/c1-8-11-14-17-20-21-26-34-43-53-45(51)47(4,5)37-31-27-33-40-49(41-42-50)39-32-25-24-30-38-48(6,7)46(52)54-44(35-28-22-18-15-12-9-2)36-29-23-19-16-13-10-3/h44,50H,8-43H2,1-7H3. The minimum absolute atomic E-state index is 0.00216. The first-order chi connectivity index (χ1) is 26.0. The molecule has 322 valence electrons. The van der Waals surface area contributed by atoms with Crippen molar-refractivity contribution in [3.8, 4) is 0 Å². The second kappa shape index (κ2) is 36.2. The normalized spacial score (nSPS) is 12.3. The molecule has 0 saturated carbocycles. The van der Waals surface area contributed by atoms with Gasteiger partial charge in [-0.15, -0.1) is 0 Å². The number of esters is 2. The Hall–Kier alpha value is -1.14. The molecule has 6 heteroatoms. The molecule has 0 aromatic carbocycles. The van der Waals surface area contributed by atoms with E-state index in [1.54, 1.807) is 0 Å². The minimum atomic E-state index is -0.442. The Morgan fingerprint density at radius 3 is 1.31 bits per heavy atom. The lowest BCUT2D eigenvalue weighted by atomic mass is 9.86. The molecule has 0 heterocycles. The first-order valence-corrected chi connectivity index (χ1v) is 23.8. The van der Waals surface area contributed by atoms with Crippen molar-refractivity contribution in [2.24, 2.45) is 10.8 Å². The van der Waals surface area contributed by atoms with Gasteiger partial charge in [-0.1, -0.05) is 162 Å². The van der Waals surface area contributed by atoms with Crippen LogP contribution in [0.4, 0.5) is 0 Å². The van der Waals surface area contributed by atoms with E-state index in [9.17, 15) is 14.7 Å². The van der Waals surface area contributed by atoms with Crippen LogP contribution in [0.15, 0.2) is 0 Å². The largest absolute Gasteiger partial charge is 0.465 e. The fourth-order valence-corrected chi connectivity index (χ4v) is 7.49. The number of rotatable bonds is 41. The van der Waals surface area contributed by atoms with Crippen LogP contribution in [-0.4, -0.2) is 60.9 Å². The van der Waals surface area contributed by atoms with Gasteiger partial charge in [0.2, 0.25) is 0 Å². The van der Waals surface area contributed by atoms with Crippen LogP contribution < -0.4 is 0 Å². The molecule has 0 saturated heterocycles. The average Bonchev–Trinajstić information content (AvgIpc) is 3.14. The number of hydrogen-bond acceptors (Lipinski definition) is 6. The van der Waals surface area contributed by atoms with E-state index in [0.29, 0.717) is 13.2 Å². The van der Waals surface area contributed by atoms with E-state index >= 15 is 0 Å². The van der Waals surface area contributed by atoms with Crippen LogP contribution >= 0.6 is 0 Å². The maximum absolute atomic E-state index is 13.4. The van der Waals surface area contributed by atoms with Crippen molar-refractivity contribution in [1.82, 2.24) is 4.90 Å². The van der Waals surface area contributed by atoms with Crippen LogP contribution in [0.25, 0.3) is 0 Å². The van der Waals surface area contributed by atoms with Crippen molar-refractivity contribution in [2.45, 2.75) is 254 Å². The predicted octanol–water partition coefficient (Wildman–Crippen LogP) is 13.9. The highest BCUT2D eigenvalue weighted by Crippen LogP contribution is 2.29. The summed E-state index contributed by atoms with van der Waals surface area (Å²) in [5.74, 6) is -0.0542. The SMILES string of the molecule is CCCCCCCCCCOC(=O)C(C)(C)CCCCCN(CCO)CCCCCCC(C)(C)C(=O)OC(CCCCCCCC)CCCCCCCC. The summed E-state index contributed by atoms with van der Waals surface area (Å²) < 4.78 is 11.9. The molecule has 0 atom stereocenters. The molecule has 0 rings (SSSR count). The summed E-state index contributed by atoms with van der Waals surface area (Å²) in [5, 5.41) is 9.66. The number of hydrogen-bond donors (Lipinski definition) is 1. The van der Waals surface area contributed by atoms with Crippen LogP contribution in [0.2, 0.25) is 0 Å². The molecule has 0 aliphatic rings. The molecule has 0 radical (unpaired) electrons. The number of nitrogens with zero attached hydrogens (tertiary/aromatic N) is 1. The molecule has 54 heavy (non-hydrogen) atoms. The lowest BCUT2D eigenvalue weighted by Gasteiger charge is -2.27. The molecule has 6 nitrogen and oxygen atoms in total. The average molecular weight is 766 g/mol. The van der Waals surface area contributed by atoms with Gasteiger partial charge in [-0.05, 0) is 98.6 Å². The molecule has 0 aliphatic carbocycles. The molecule has 0 aromatic rings. The molecule has 0 aliphatic heterocycles. The molecule has 0 aromatic heterocycles. The van der Waals surface area contributed by atoms with Crippen LogP contribution in [-0.2, 0) is 19.1 Å². The predicted molar refractivity (Wildman–Crippen MR) is 232 cm³/mol. The zero-order valence-electron chi connectivity index (χ0n) is 37.6. The molecular weight excluding hydrogens is 671 g/mol. The van der Waals surface area contributed by atoms with E-state index in [1.165, 1.54) is 116 Å². The Bertz CT molecular complexity index is 827. The third-order valence-corrected chi connectivity index (χ3v) is 11.6. The monoisotopic (exact) mass is 766 g/mol. The van der Waals surface area contributed by atoms with Gasteiger partial charge in [-0.3, -0.25) is 9.59 Å². The van der Waals surface area contributed by atoms with Gasteiger partial charge in [0.05, 0.1) is 24.0 Å². The summed E-state index contributed by atoms with van der Waals surface area (Å²) in [6.45, 7) is 18.4. The first kappa shape index (κ1) is 52.9. The highest BCUT2D eigenvalue weighted by molar-refractivity contribution is 5.76. The number of carbonyl (C=O) groups is 2. The van der Waals surface area contributed by atoms with Crippen molar-refractivity contribution in [3.05, 3.63) is 0 Å². The lowest BCUT2D eigenvalue weighted by molar-refractivity contribution is -0.161. The summed E-state index contributed by atoms with van der Waals surface area (Å²) >= 11 is 0. The molecule has 0 spiro atoms. The molecular formula is C48H95NO5. The number of unbranched alkanes of at least 4 members (excludes halogenated alkanes) is 22. The van der Waals surface area contributed by atoms with Gasteiger partial charge in [0, 0.05) is 6.54 Å². The fourth-order valence-electron chi connectivity index (χ4n) is 7.49. The third kappa shape index (κ3) is 31.0. The summed E-state index contributed by atoms with van der Waals surface area (Å²) in [4.78, 5) is 28.5. The molecule has 0 unspecified atom stereocenters. The van der Waals surface area contributed by atoms with Crippen LogP contribution in [0.1, 0.15) is 248 Å². The highest BCUT2D eigenvalue weighted by atomic mass is 16.5. The van der Waals surface area contributed by atoms with E-state index in [4.69, 9.17) is 9.47 Å². The van der Waals surface area contributed by atoms with Crippen molar-refractivity contribution in [1.29, 1.82) is 0 Å². The van der Waals surface area contributed by atoms with Crippen molar-refractivity contribution in [3.63, 3.8) is 0 Å². The zero-order chi connectivity index (χ0) is 40.2. The Balaban J connectivity index is 4.35. The van der Waals surface area contributed by atoms with E-state index in [0.717, 1.165) is 96.6 Å². The topological polar surface area (TPSA) is 76.1 Å². The molecule has 1 N–H and O–H groups in total. The molecule has 0 fully saturated rings. The number of aliphatic hydroxyl groups excluding tert-OH is 1. The fraction of sp³-hybridized carbons (Fsp3) is 0.958. The minimum Gasteiger partial charge on any atom is -0.465 e. The van der Waals surface area contributed by atoms with E-state index in [-0.39, 0.29) is 24.6 Å². The Morgan fingerprint density at radius 2 is 0.852 bits per heavy atom. The summed E-state index contributed by atoms with van der Waals surface area (Å²) in [5.41, 5.74) is -0.874. The van der Waals surface area contributed by atoms with Gasteiger partial charge in [0.15, 0.2) is 0 Å². The van der Waals surface area contributed by atoms with Gasteiger partial charge in [0.25, 0.3) is 0 Å². The van der Waals surface area contributed by atoms with Crippen molar-refractivity contribution < 1.29 is 24.2 Å². The Kier molecular flexibility index (Phi) is 35.5. The maximum atomic E-state index is 13.4. The Morgan fingerprint density at radius 1 is 0.481 bits per heavy atom. The number of aliphatic hydroxyl groups is 1.